The number of hydrogen-bond acceptors (Lipinski definition) is 4. The molecule has 1 atom stereocenters. The Labute approximate surface area is 168 Å². The summed E-state index contributed by atoms with van der Waals surface area (Å²) in [6.45, 7) is 4.19. The Morgan fingerprint density at radius 2 is 2.11 bits per heavy atom. The minimum Gasteiger partial charge on any atom is -0.508 e. The van der Waals surface area contributed by atoms with Crippen molar-refractivity contribution in [2.24, 2.45) is 0 Å². The second-order valence-corrected chi connectivity index (χ2v) is 8.03. The van der Waals surface area contributed by atoms with Gasteiger partial charge in [0.1, 0.15) is 5.75 Å². The van der Waals surface area contributed by atoms with Crippen molar-refractivity contribution in [1.29, 1.82) is 0 Å². The van der Waals surface area contributed by atoms with Gasteiger partial charge in [0.25, 0.3) is 0 Å². The predicted molar refractivity (Wildman–Crippen MR) is 111 cm³/mol. The SMILES string of the molecule is Cc1cccc(-n2ccnc2SCC(=O)NC2CCc3c(O)cccc32)c1C. The minimum atomic E-state index is -0.0334. The maximum Gasteiger partial charge on any atom is 0.230 e. The number of nitrogens with one attached hydrogen (secondary N) is 1. The molecule has 4 rings (SSSR count). The molecule has 2 N–H and O–H groups in total. The topological polar surface area (TPSA) is 67.2 Å². The number of thioether (sulfide) groups is 1. The smallest absolute Gasteiger partial charge is 0.230 e. The van der Waals surface area contributed by atoms with E-state index in [0.29, 0.717) is 11.5 Å². The van der Waals surface area contributed by atoms with Crippen LogP contribution in [-0.4, -0.2) is 26.3 Å². The largest absolute Gasteiger partial charge is 0.508 e. The van der Waals surface area contributed by atoms with E-state index in [2.05, 4.69) is 36.3 Å². The third-order valence-corrected chi connectivity index (χ3v) is 6.32. The van der Waals surface area contributed by atoms with Gasteiger partial charge in [0.2, 0.25) is 5.91 Å². The van der Waals surface area contributed by atoms with Gasteiger partial charge in [-0.3, -0.25) is 9.36 Å². The summed E-state index contributed by atoms with van der Waals surface area (Å²) in [4.78, 5) is 17.0. The molecule has 1 heterocycles. The number of amides is 1. The lowest BCUT2D eigenvalue weighted by atomic mass is 10.1. The third kappa shape index (κ3) is 3.52. The van der Waals surface area contributed by atoms with Crippen LogP contribution < -0.4 is 5.32 Å². The van der Waals surface area contributed by atoms with Gasteiger partial charge in [-0.1, -0.05) is 36.0 Å². The molecule has 5 nitrogen and oxygen atoms in total. The maximum absolute atomic E-state index is 12.5. The van der Waals surface area contributed by atoms with Crippen molar-refractivity contribution < 1.29 is 9.90 Å². The highest BCUT2D eigenvalue weighted by Gasteiger charge is 2.26. The molecule has 0 saturated carbocycles. The van der Waals surface area contributed by atoms with Crippen molar-refractivity contribution in [3.63, 3.8) is 0 Å². The van der Waals surface area contributed by atoms with E-state index >= 15 is 0 Å². The molecule has 1 aromatic heterocycles. The Morgan fingerprint density at radius 3 is 2.96 bits per heavy atom. The number of rotatable bonds is 5. The number of aryl methyl sites for hydroxylation is 1. The Kier molecular flexibility index (Phi) is 5.13. The average molecular weight is 394 g/mol. The lowest BCUT2D eigenvalue weighted by Crippen LogP contribution is -2.28. The quantitative estimate of drug-likeness (QED) is 0.641. The van der Waals surface area contributed by atoms with E-state index in [1.54, 1.807) is 12.3 Å². The predicted octanol–water partition coefficient (Wildman–Crippen LogP) is 4.09. The van der Waals surface area contributed by atoms with Crippen LogP contribution in [0.1, 0.15) is 34.7 Å². The Hall–Kier alpha value is -2.73. The van der Waals surface area contributed by atoms with E-state index in [9.17, 15) is 9.90 Å². The molecule has 3 aromatic rings. The van der Waals surface area contributed by atoms with Gasteiger partial charge >= 0.3 is 0 Å². The summed E-state index contributed by atoms with van der Waals surface area (Å²) in [6, 6.07) is 11.7. The van der Waals surface area contributed by atoms with Gasteiger partial charge in [0.05, 0.1) is 17.5 Å². The van der Waals surface area contributed by atoms with Gasteiger partial charge in [0, 0.05) is 12.4 Å². The van der Waals surface area contributed by atoms with Gasteiger partial charge < -0.3 is 10.4 Å². The monoisotopic (exact) mass is 393 g/mol. The number of nitrogens with zero attached hydrogens (tertiary/aromatic N) is 2. The number of imidazole rings is 1. The van der Waals surface area contributed by atoms with Gasteiger partial charge in [-0.05, 0) is 61.1 Å². The Bertz CT molecular complexity index is 1030. The van der Waals surface area contributed by atoms with Crippen LogP contribution in [0.3, 0.4) is 0 Å². The Morgan fingerprint density at radius 1 is 1.29 bits per heavy atom. The number of phenols is 1. The van der Waals surface area contributed by atoms with Crippen LogP contribution in [-0.2, 0) is 11.2 Å². The van der Waals surface area contributed by atoms with Crippen LogP contribution in [0.2, 0.25) is 0 Å². The molecule has 0 spiro atoms. The molecule has 0 saturated heterocycles. The highest BCUT2D eigenvalue weighted by molar-refractivity contribution is 7.99. The number of carbonyl (C=O) groups excluding carboxylic acids is 1. The zero-order valence-electron chi connectivity index (χ0n) is 16.0. The fourth-order valence-corrected chi connectivity index (χ4v) is 4.50. The summed E-state index contributed by atoms with van der Waals surface area (Å²) in [5.74, 6) is 0.591. The van der Waals surface area contributed by atoms with Crippen molar-refractivity contribution >= 4 is 17.7 Å². The molecular weight excluding hydrogens is 370 g/mol. The second kappa shape index (κ2) is 7.72. The standard InChI is InChI=1S/C22H23N3O2S/c1-14-5-3-7-19(15(14)2)25-12-11-23-22(25)28-13-21(27)24-18-10-9-17-16(18)6-4-8-20(17)26/h3-8,11-12,18,26H,9-10,13H2,1-2H3,(H,24,27). The number of fused-ring (bicyclic) bond motifs is 1. The number of carbonyl (C=O) groups is 1. The number of phenolic OH excluding ortho intramolecular Hbond substituents is 1. The van der Waals surface area contributed by atoms with E-state index in [-0.39, 0.29) is 11.9 Å². The van der Waals surface area contributed by atoms with Crippen molar-refractivity contribution in [2.45, 2.75) is 37.9 Å². The van der Waals surface area contributed by atoms with Crippen LogP contribution in [0.5, 0.6) is 5.75 Å². The third-order valence-electron chi connectivity index (χ3n) is 5.36. The van der Waals surface area contributed by atoms with E-state index in [0.717, 1.165) is 34.8 Å². The number of hydrogen-bond donors (Lipinski definition) is 2. The molecule has 28 heavy (non-hydrogen) atoms. The zero-order chi connectivity index (χ0) is 19.7. The van der Waals surface area contributed by atoms with Crippen LogP contribution >= 0.6 is 11.8 Å². The summed E-state index contributed by atoms with van der Waals surface area (Å²) in [6.07, 6.45) is 5.30. The van der Waals surface area contributed by atoms with E-state index in [1.807, 2.05) is 29.0 Å². The highest BCUT2D eigenvalue weighted by atomic mass is 32.2. The van der Waals surface area contributed by atoms with Gasteiger partial charge in [-0.2, -0.15) is 0 Å². The highest BCUT2D eigenvalue weighted by Crippen LogP contribution is 2.36. The molecule has 1 aliphatic rings. The van der Waals surface area contributed by atoms with Crippen molar-refractivity contribution in [2.75, 3.05) is 5.75 Å². The molecule has 0 fully saturated rings. The molecular formula is C22H23N3O2S. The first-order chi connectivity index (χ1) is 13.5. The van der Waals surface area contributed by atoms with Crippen molar-refractivity contribution in [3.05, 3.63) is 71.0 Å². The maximum atomic E-state index is 12.5. The number of aromatic hydroxyl groups is 1. The summed E-state index contributed by atoms with van der Waals surface area (Å²) in [5, 5.41) is 13.9. The molecule has 1 amide bonds. The molecule has 1 aliphatic carbocycles. The normalized spacial score (nSPS) is 15.4. The van der Waals surface area contributed by atoms with Crippen LogP contribution in [0.15, 0.2) is 53.9 Å². The molecule has 2 aromatic carbocycles. The van der Waals surface area contributed by atoms with E-state index < -0.39 is 0 Å². The summed E-state index contributed by atoms with van der Waals surface area (Å²) in [5.41, 5.74) is 5.49. The van der Waals surface area contributed by atoms with Crippen LogP contribution in [0.4, 0.5) is 0 Å². The minimum absolute atomic E-state index is 0.0262. The van der Waals surface area contributed by atoms with Gasteiger partial charge in [0.15, 0.2) is 5.16 Å². The van der Waals surface area contributed by atoms with E-state index in [4.69, 9.17) is 0 Å². The van der Waals surface area contributed by atoms with E-state index in [1.165, 1.54) is 22.9 Å². The number of benzene rings is 2. The van der Waals surface area contributed by atoms with Crippen molar-refractivity contribution in [1.82, 2.24) is 14.9 Å². The fraction of sp³-hybridized carbons (Fsp3) is 0.273. The number of aromatic nitrogens is 2. The molecule has 0 aliphatic heterocycles. The van der Waals surface area contributed by atoms with Crippen LogP contribution in [0, 0.1) is 13.8 Å². The second-order valence-electron chi connectivity index (χ2n) is 7.09. The average Bonchev–Trinajstić information content (AvgIpc) is 3.30. The van der Waals surface area contributed by atoms with Gasteiger partial charge in [-0.15, -0.1) is 0 Å². The summed E-state index contributed by atoms with van der Waals surface area (Å²) in [7, 11) is 0. The van der Waals surface area contributed by atoms with Crippen molar-refractivity contribution in [3.8, 4) is 11.4 Å². The molecule has 6 heteroatoms. The first-order valence-electron chi connectivity index (χ1n) is 9.37. The summed E-state index contributed by atoms with van der Waals surface area (Å²) < 4.78 is 2.03. The molecule has 144 valence electrons. The first-order valence-corrected chi connectivity index (χ1v) is 10.4. The molecule has 1 unspecified atom stereocenters. The lowest BCUT2D eigenvalue weighted by Gasteiger charge is -2.15. The zero-order valence-corrected chi connectivity index (χ0v) is 16.8. The lowest BCUT2D eigenvalue weighted by molar-refractivity contribution is -0.119. The molecule has 0 bridgehead atoms. The fourth-order valence-electron chi connectivity index (χ4n) is 3.73. The van der Waals surface area contributed by atoms with Crippen LogP contribution in [0.25, 0.3) is 5.69 Å². The molecule has 0 radical (unpaired) electrons. The first kappa shape index (κ1) is 18.6. The Balaban J connectivity index is 1.43. The summed E-state index contributed by atoms with van der Waals surface area (Å²) >= 11 is 1.43. The van der Waals surface area contributed by atoms with Gasteiger partial charge in [-0.25, -0.2) is 4.98 Å².